The number of pyridine rings is 1. The minimum absolute atomic E-state index is 0.0182. The van der Waals surface area contributed by atoms with Gasteiger partial charge < -0.3 is 14.1 Å². The Morgan fingerprint density at radius 1 is 0.921 bits per heavy atom. The molecule has 0 spiro atoms. The zero-order chi connectivity index (χ0) is 26.9. The summed E-state index contributed by atoms with van der Waals surface area (Å²) in [6.07, 6.45) is 4.18. The summed E-state index contributed by atoms with van der Waals surface area (Å²) in [5.74, 6) is -1.95. The van der Waals surface area contributed by atoms with Crippen LogP contribution in [0.2, 0.25) is 5.04 Å². The van der Waals surface area contributed by atoms with Gasteiger partial charge in [-0.3, -0.25) is 14.9 Å². The smallest absolute Gasteiger partial charge is 0.293 e. The molecule has 0 unspecified atom stereocenters. The zero-order valence-corrected chi connectivity index (χ0v) is 22.8. The second-order valence-corrected chi connectivity index (χ2v) is 14.8. The van der Waals surface area contributed by atoms with E-state index in [9.17, 15) is 14.7 Å². The van der Waals surface area contributed by atoms with Crippen molar-refractivity contribution in [2.75, 3.05) is 6.61 Å². The van der Waals surface area contributed by atoms with E-state index in [1.54, 1.807) is 18.5 Å². The molecule has 7 nitrogen and oxygen atoms in total. The summed E-state index contributed by atoms with van der Waals surface area (Å²) in [6, 6.07) is 24.7. The molecule has 5 rings (SSSR count). The lowest BCUT2D eigenvalue weighted by Gasteiger charge is -2.43. The molecular weight excluding hydrogens is 494 g/mol. The number of benzene rings is 2. The molecule has 194 valence electrons. The van der Waals surface area contributed by atoms with Crippen LogP contribution in [0.15, 0.2) is 90.9 Å². The molecule has 2 aromatic carbocycles. The van der Waals surface area contributed by atoms with Gasteiger partial charge in [0, 0.05) is 36.5 Å². The number of nitrogens with zero attached hydrogens (tertiary/aromatic N) is 2. The van der Waals surface area contributed by atoms with Crippen molar-refractivity contribution in [1.82, 2.24) is 14.9 Å². The summed E-state index contributed by atoms with van der Waals surface area (Å²) in [4.78, 5) is 28.8. The van der Waals surface area contributed by atoms with E-state index >= 15 is 0 Å². The van der Waals surface area contributed by atoms with E-state index < -0.39 is 25.9 Å². The van der Waals surface area contributed by atoms with Gasteiger partial charge in [0.05, 0.1) is 5.57 Å². The first kappa shape index (κ1) is 25.6. The first-order valence-corrected chi connectivity index (χ1v) is 14.6. The van der Waals surface area contributed by atoms with Gasteiger partial charge in [-0.2, -0.15) is 0 Å². The largest absolute Gasteiger partial charge is 0.502 e. The molecule has 38 heavy (non-hydrogen) atoms. The van der Waals surface area contributed by atoms with Gasteiger partial charge in [-0.15, -0.1) is 0 Å². The Hall–Kier alpha value is -4.01. The predicted octanol–water partition coefficient (Wildman–Crippen LogP) is 3.93. The Labute approximate surface area is 222 Å². The summed E-state index contributed by atoms with van der Waals surface area (Å²) in [5.41, 5.74) is 1.15. The fourth-order valence-electron chi connectivity index (χ4n) is 5.41. The van der Waals surface area contributed by atoms with Gasteiger partial charge in [-0.05, 0) is 34.0 Å². The van der Waals surface area contributed by atoms with Crippen molar-refractivity contribution >= 4 is 47.1 Å². The van der Waals surface area contributed by atoms with E-state index in [4.69, 9.17) is 4.43 Å². The lowest BCUT2D eigenvalue weighted by Crippen LogP contribution is -2.66. The van der Waals surface area contributed by atoms with Crippen LogP contribution in [0.4, 0.5) is 0 Å². The van der Waals surface area contributed by atoms with Crippen LogP contribution in [0, 0.1) is 0 Å². The topological polar surface area (TPSA) is 93.5 Å². The van der Waals surface area contributed by atoms with Gasteiger partial charge in [0.2, 0.25) is 0 Å². The summed E-state index contributed by atoms with van der Waals surface area (Å²) < 4.78 is 8.96. The maximum absolute atomic E-state index is 12.4. The second-order valence-electron chi connectivity index (χ2n) is 10.5. The Morgan fingerprint density at radius 2 is 1.55 bits per heavy atom. The van der Waals surface area contributed by atoms with Crippen molar-refractivity contribution in [2.45, 2.75) is 38.8 Å². The third-order valence-electron chi connectivity index (χ3n) is 7.09. The lowest BCUT2D eigenvalue weighted by atomic mass is 10.1. The molecule has 0 radical (unpaired) electrons. The van der Waals surface area contributed by atoms with Crippen LogP contribution in [0.25, 0.3) is 16.6 Å². The highest BCUT2D eigenvalue weighted by molar-refractivity contribution is 6.99. The molecule has 3 heterocycles. The highest BCUT2D eigenvalue weighted by Gasteiger charge is 2.50. The third-order valence-corrected chi connectivity index (χ3v) is 12.1. The van der Waals surface area contributed by atoms with Crippen molar-refractivity contribution in [1.29, 1.82) is 0 Å². The van der Waals surface area contributed by atoms with Crippen LogP contribution < -0.4 is 15.7 Å². The standard InChI is InChI=1S/C30H31N3O4Si/c1-30(2,3)38(21-12-6-4-7-13-21,22-14-8-5-9-15-22)37-19-11-18-33-20-24(23-16-10-17-31-27(23)33)25-26(34)29(36)32-28(25)35/h4-10,12-17,20H,11,18-19H2,1-3H3,(H2,32,34,35,36). The molecule has 0 atom stereocenters. The van der Waals surface area contributed by atoms with Crippen molar-refractivity contribution in [3.05, 3.63) is 96.5 Å². The van der Waals surface area contributed by atoms with Gasteiger partial charge in [0.25, 0.3) is 20.1 Å². The van der Waals surface area contributed by atoms with E-state index in [0.29, 0.717) is 36.2 Å². The molecule has 0 saturated heterocycles. The summed E-state index contributed by atoms with van der Waals surface area (Å²) >= 11 is 0. The Kier molecular flexibility index (Phi) is 6.77. The molecular formula is C30H31N3O4Si. The normalized spacial score (nSPS) is 14.4. The number of aryl methyl sites for hydroxylation is 1. The number of rotatable bonds is 8. The quantitative estimate of drug-likeness (QED) is 0.207. The first-order valence-electron chi connectivity index (χ1n) is 12.7. The minimum Gasteiger partial charge on any atom is -0.502 e. The lowest BCUT2D eigenvalue weighted by molar-refractivity contribution is -0.124. The Balaban J connectivity index is 1.44. The van der Waals surface area contributed by atoms with Crippen LogP contribution in [0.1, 0.15) is 32.8 Å². The van der Waals surface area contributed by atoms with Crippen molar-refractivity contribution < 1.29 is 19.1 Å². The number of aromatic nitrogens is 2. The number of hydrogen-bond acceptors (Lipinski definition) is 5. The van der Waals surface area contributed by atoms with Crippen LogP contribution in [0.3, 0.4) is 0 Å². The fraction of sp³-hybridized carbons (Fsp3) is 0.233. The van der Waals surface area contributed by atoms with Crippen LogP contribution >= 0.6 is 0 Å². The molecule has 4 aromatic rings. The van der Waals surface area contributed by atoms with Crippen LogP contribution in [-0.2, 0) is 20.6 Å². The second kappa shape index (κ2) is 10.0. The van der Waals surface area contributed by atoms with Gasteiger partial charge >= 0.3 is 0 Å². The average molecular weight is 526 g/mol. The molecule has 2 N–H and O–H groups in total. The molecule has 0 bridgehead atoms. The zero-order valence-electron chi connectivity index (χ0n) is 21.8. The van der Waals surface area contributed by atoms with E-state index in [0.717, 1.165) is 0 Å². The number of fused-ring (bicyclic) bond motifs is 1. The Morgan fingerprint density at radius 3 is 2.11 bits per heavy atom. The third kappa shape index (κ3) is 4.35. The minimum atomic E-state index is -2.64. The molecule has 8 heteroatoms. The highest BCUT2D eigenvalue weighted by atomic mass is 28.4. The number of carbonyl (C=O) groups is 2. The number of nitrogens with one attached hydrogen (secondary N) is 1. The number of amides is 2. The number of aliphatic hydroxyl groups is 1. The number of aliphatic hydroxyl groups excluding tert-OH is 1. The van der Waals surface area contributed by atoms with E-state index in [1.165, 1.54) is 10.4 Å². The maximum Gasteiger partial charge on any atom is 0.293 e. The van der Waals surface area contributed by atoms with Gasteiger partial charge in [-0.25, -0.2) is 4.98 Å². The molecule has 2 aromatic heterocycles. The monoisotopic (exact) mass is 525 g/mol. The number of imide groups is 1. The number of carbonyl (C=O) groups excluding carboxylic acids is 2. The van der Waals surface area contributed by atoms with Crippen LogP contribution in [-0.4, -0.2) is 41.4 Å². The molecule has 2 amide bonds. The summed E-state index contributed by atoms with van der Waals surface area (Å²) in [5, 5.41) is 15.5. The van der Waals surface area contributed by atoms with Gasteiger partial charge in [0.15, 0.2) is 5.76 Å². The highest BCUT2D eigenvalue weighted by Crippen LogP contribution is 2.37. The fourth-order valence-corrected chi connectivity index (χ4v) is 10.0. The van der Waals surface area contributed by atoms with E-state index in [2.05, 4.69) is 79.6 Å². The van der Waals surface area contributed by atoms with E-state index in [-0.39, 0.29) is 10.6 Å². The molecule has 1 aliphatic heterocycles. The van der Waals surface area contributed by atoms with Gasteiger partial charge in [0.1, 0.15) is 5.65 Å². The van der Waals surface area contributed by atoms with E-state index in [1.807, 2.05) is 22.8 Å². The Bertz CT molecular complexity index is 1480. The number of hydrogen-bond donors (Lipinski definition) is 2. The molecule has 0 saturated carbocycles. The van der Waals surface area contributed by atoms with Crippen molar-refractivity contribution in [3.8, 4) is 0 Å². The molecule has 0 fully saturated rings. The summed E-state index contributed by atoms with van der Waals surface area (Å²) in [6.45, 7) is 7.88. The maximum atomic E-state index is 12.4. The van der Waals surface area contributed by atoms with Crippen LogP contribution in [0.5, 0.6) is 0 Å². The SMILES string of the molecule is CC(C)(C)[Si](OCCCn1cc(C2=C(O)C(=O)NC2=O)c2cccnc21)(c1ccccc1)c1ccccc1. The van der Waals surface area contributed by atoms with Crippen molar-refractivity contribution in [2.24, 2.45) is 0 Å². The molecule has 0 aliphatic carbocycles. The van der Waals surface area contributed by atoms with Crippen molar-refractivity contribution in [3.63, 3.8) is 0 Å². The average Bonchev–Trinajstić information content (AvgIpc) is 3.39. The summed E-state index contributed by atoms with van der Waals surface area (Å²) in [7, 11) is -2.64. The first-order chi connectivity index (χ1) is 18.2. The molecule has 1 aliphatic rings. The predicted molar refractivity (Wildman–Crippen MR) is 151 cm³/mol. The van der Waals surface area contributed by atoms with Gasteiger partial charge in [-0.1, -0.05) is 81.4 Å².